The summed E-state index contributed by atoms with van der Waals surface area (Å²) in [4.78, 5) is 8.30. The molecule has 2 rings (SSSR count). The first-order chi connectivity index (χ1) is 7.75. The van der Waals surface area contributed by atoms with Gasteiger partial charge in [-0.05, 0) is 24.3 Å². The SMILES string of the molecule is Clc1cc(Br)ccc1N=Cc1cccnc1. The highest BCUT2D eigenvalue weighted by Crippen LogP contribution is 2.27. The van der Waals surface area contributed by atoms with E-state index < -0.39 is 0 Å². The fraction of sp³-hybridized carbons (Fsp3) is 0. The summed E-state index contributed by atoms with van der Waals surface area (Å²) in [7, 11) is 0. The molecule has 0 saturated heterocycles. The van der Waals surface area contributed by atoms with Crippen LogP contribution in [0.2, 0.25) is 5.02 Å². The van der Waals surface area contributed by atoms with E-state index in [4.69, 9.17) is 11.6 Å². The molecule has 80 valence electrons. The highest BCUT2D eigenvalue weighted by Gasteiger charge is 1.97. The molecule has 0 saturated carbocycles. The molecule has 2 aromatic rings. The van der Waals surface area contributed by atoms with Crippen LogP contribution in [-0.2, 0) is 0 Å². The maximum absolute atomic E-state index is 6.04. The van der Waals surface area contributed by atoms with Crippen LogP contribution < -0.4 is 0 Å². The number of nitrogens with zero attached hydrogens (tertiary/aromatic N) is 2. The van der Waals surface area contributed by atoms with Crippen molar-refractivity contribution in [3.05, 3.63) is 57.8 Å². The van der Waals surface area contributed by atoms with Crippen molar-refractivity contribution in [1.29, 1.82) is 0 Å². The van der Waals surface area contributed by atoms with E-state index >= 15 is 0 Å². The fourth-order valence-corrected chi connectivity index (χ4v) is 1.90. The van der Waals surface area contributed by atoms with Crippen LogP contribution >= 0.6 is 27.5 Å². The van der Waals surface area contributed by atoms with Gasteiger partial charge in [-0.3, -0.25) is 9.98 Å². The van der Waals surface area contributed by atoms with Gasteiger partial charge in [-0.15, -0.1) is 0 Å². The van der Waals surface area contributed by atoms with Crippen LogP contribution in [0.3, 0.4) is 0 Å². The molecule has 0 radical (unpaired) electrons. The van der Waals surface area contributed by atoms with Gasteiger partial charge in [0, 0.05) is 28.6 Å². The average Bonchev–Trinajstić information content (AvgIpc) is 2.29. The topological polar surface area (TPSA) is 25.2 Å². The number of rotatable bonds is 2. The summed E-state index contributed by atoms with van der Waals surface area (Å²) in [5, 5.41) is 0.620. The van der Waals surface area contributed by atoms with Crippen molar-refractivity contribution in [2.45, 2.75) is 0 Å². The van der Waals surface area contributed by atoms with E-state index in [1.54, 1.807) is 18.6 Å². The number of aliphatic imine (C=N–C) groups is 1. The molecule has 0 unspecified atom stereocenters. The van der Waals surface area contributed by atoms with Crippen molar-refractivity contribution >= 4 is 39.4 Å². The standard InChI is InChI=1S/C12H8BrClN2/c13-10-3-4-12(11(14)6-10)16-8-9-2-1-5-15-7-9/h1-8H. The molecule has 4 heteroatoms. The van der Waals surface area contributed by atoms with Crippen molar-refractivity contribution in [1.82, 2.24) is 4.98 Å². The minimum atomic E-state index is 0.620. The van der Waals surface area contributed by atoms with E-state index in [2.05, 4.69) is 25.9 Å². The number of aromatic nitrogens is 1. The summed E-state index contributed by atoms with van der Waals surface area (Å²) in [6, 6.07) is 9.38. The minimum Gasteiger partial charge on any atom is -0.264 e. The second-order valence-corrected chi connectivity index (χ2v) is 4.46. The van der Waals surface area contributed by atoms with E-state index in [1.807, 2.05) is 30.3 Å². The lowest BCUT2D eigenvalue weighted by atomic mass is 10.3. The first-order valence-electron chi connectivity index (χ1n) is 4.65. The fourth-order valence-electron chi connectivity index (χ4n) is 1.18. The van der Waals surface area contributed by atoms with Gasteiger partial charge in [0.1, 0.15) is 0 Å². The van der Waals surface area contributed by atoms with Gasteiger partial charge < -0.3 is 0 Å². The zero-order valence-corrected chi connectivity index (χ0v) is 10.6. The molecular weight excluding hydrogens is 288 g/mol. The third-order valence-corrected chi connectivity index (χ3v) is 2.74. The Kier molecular flexibility index (Phi) is 3.70. The Hall–Kier alpha value is -1.19. The Morgan fingerprint density at radius 2 is 2.19 bits per heavy atom. The molecular formula is C12H8BrClN2. The van der Waals surface area contributed by atoms with Crippen molar-refractivity contribution in [2.24, 2.45) is 4.99 Å². The number of hydrogen-bond donors (Lipinski definition) is 0. The number of halogens is 2. The zero-order chi connectivity index (χ0) is 11.4. The highest BCUT2D eigenvalue weighted by atomic mass is 79.9. The molecule has 1 aromatic carbocycles. The molecule has 16 heavy (non-hydrogen) atoms. The number of hydrogen-bond acceptors (Lipinski definition) is 2. The molecule has 0 N–H and O–H groups in total. The van der Waals surface area contributed by atoms with Crippen LogP contribution in [0.25, 0.3) is 0 Å². The molecule has 0 aliphatic carbocycles. The normalized spacial score (nSPS) is 10.9. The van der Waals surface area contributed by atoms with Gasteiger partial charge in [0.2, 0.25) is 0 Å². The Balaban J connectivity index is 2.24. The smallest absolute Gasteiger partial charge is 0.0816 e. The molecule has 0 aliphatic heterocycles. The molecule has 0 atom stereocenters. The highest BCUT2D eigenvalue weighted by molar-refractivity contribution is 9.10. The van der Waals surface area contributed by atoms with Gasteiger partial charge in [0.15, 0.2) is 0 Å². The predicted molar refractivity (Wildman–Crippen MR) is 70.6 cm³/mol. The average molecular weight is 296 g/mol. The molecule has 1 aromatic heterocycles. The first kappa shape index (κ1) is 11.3. The summed E-state index contributed by atoms with van der Waals surface area (Å²) in [5.41, 5.74) is 1.69. The van der Waals surface area contributed by atoms with Gasteiger partial charge in [-0.25, -0.2) is 0 Å². The van der Waals surface area contributed by atoms with E-state index in [9.17, 15) is 0 Å². The monoisotopic (exact) mass is 294 g/mol. The second kappa shape index (κ2) is 5.23. The first-order valence-corrected chi connectivity index (χ1v) is 5.82. The van der Waals surface area contributed by atoms with Crippen LogP contribution in [-0.4, -0.2) is 11.2 Å². The summed E-state index contributed by atoms with van der Waals surface area (Å²) in [6.45, 7) is 0. The van der Waals surface area contributed by atoms with Crippen molar-refractivity contribution in [3.8, 4) is 0 Å². The largest absolute Gasteiger partial charge is 0.264 e. The minimum absolute atomic E-state index is 0.620. The zero-order valence-electron chi connectivity index (χ0n) is 8.27. The molecule has 0 spiro atoms. The Morgan fingerprint density at radius 1 is 1.31 bits per heavy atom. The van der Waals surface area contributed by atoms with E-state index in [-0.39, 0.29) is 0 Å². The van der Waals surface area contributed by atoms with E-state index in [1.165, 1.54) is 0 Å². The predicted octanol–water partition coefficient (Wildman–Crippen LogP) is 4.25. The molecule has 0 aliphatic rings. The lowest BCUT2D eigenvalue weighted by molar-refractivity contribution is 1.32. The number of benzene rings is 1. The van der Waals surface area contributed by atoms with Gasteiger partial charge >= 0.3 is 0 Å². The van der Waals surface area contributed by atoms with E-state index in [0.717, 1.165) is 15.7 Å². The molecule has 2 nitrogen and oxygen atoms in total. The Labute approximate surface area is 107 Å². The second-order valence-electron chi connectivity index (χ2n) is 3.14. The van der Waals surface area contributed by atoms with Gasteiger partial charge in [0.05, 0.1) is 10.7 Å². The lowest BCUT2D eigenvalue weighted by Crippen LogP contribution is -1.81. The molecule has 1 heterocycles. The molecule has 0 bridgehead atoms. The maximum atomic E-state index is 6.04. The number of pyridine rings is 1. The van der Waals surface area contributed by atoms with Gasteiger partial charge in [0.25, 0.3) is 0 Å². The Morgan fingerprint density at radius 3 is 2.88 bits per heavy atom. The van der Waals surface area contributed by atoms with Crippen LogP contribution in [0.1, 0.15) is 5.56 Å². The summed E-state index contributed by atoms with van der Waals surface area (Å²) in [6.07, 6.45) is 5.21. The van der Waals surface area contributed by atoms with Crippen LogP contribution in [0.5, 0.6) is 0 Å². The lowest BCUT2D eigenvalue weighted by Gasteiger charge is -1.98. The Bertz CT molecular complexity index is 512. The summed E-state index contributed by atoms with van der Waals surface area (Å²) < 4.78 is 0.942. The van der Waals surface area contributed by atoms with Crippen LogP contribution in [0, 0.1) is 0 Å². The quantitative estimate of drug-likeness (QED) is 0.760. The van der Waals surface area contributed by atoms with Gasteiger partial charge in [-0.1, -0.05) is 33.6 Å². The third-order valence-electron chi connectivity index (χ3n) is 1.95. The third kappa shape index (κ3) is 2.90. The molecule has 0 fully saturated rings. The molecule has 0 amide bonds. The van der Waals surface area contributed by atoms with E-state index in [0.29, 0.717) is 5.02 Å². The maximum Gasteiger partial charge on any atom is 0.0816 e. The summed E-state index contributed by atoms with van der Waals surface area (Å²) in [5.74, 6) is 0. The van der Waals surface area contributed by atoms with Crippen LogP contribution in [0.4, 0.5) is 5.69 Å². The van der Waals surface area contributed by atoms with Crippen molar-refractivity contribution in [3.63, 3.8) is 0 Å². The summed E-state index contributed by atoms with van der Waals surface area (Å²) >= 11 is 9.38. The van der Waals surface area contributed by atoms with Crippen molar-refractivity contribution < 1.29 is 0 Å². The van der Waals surface area contributed by atoms with Crippen molar-refractivity contribution in [2.75, 3.05) is 0 Å². The van der Waals surface area contributed by atoms with Crippen LogP contribution in [0.15, 0.2) is 52.2 Å². The van der Waals surface area contributed by atoms with Gasteiger partial charge in [-0.2, -0.15) is 0 Å².